The molecule has 158 valence electrons. The molecule has 0 amide bonds. The monoisotopic (exact) mass is 402 g/mol. The maximum Gasteiger partial charge on any atom is 0.303 e. The van der Waals surface area contributed by atoms with Gasteiger partial charge in [-0.1, -0.05) is 25.5 Å². The van der Waals surface area contributed by atoms with E-state index in [0.717, 1.165) is 18.4 Å². The van der Waals surface area contributed by atoms with Crippen LogP contribution >= 0.6 is 0 Å². The fourth-order valence-electron chi connectivity index (χ4n) is 7.37. The van der Waals surface area contributed by atoms with E-state index in [1.807, 2.05) is 13.0 Å². The maximum atomic E-state index is 12.9. The number of carbonyl (C=O) groups is 3. The third-order valence-corrected chi connectivity index (χ3v) is 8.53. The van der Waals surface area contributed by atoms with E-state index in [1.54, 1.807) is 12.2 Å². The molecule has 4 aliphatic rings. The molecule has 0 spiro atoms. The fraction of sp³-hybridized carbons (Fsp3) is 0.696. The first kappa shape index (κ1) is 20.5. The number of hydrogen-bond donors (Lipinski definition) is 2. The number of hydrogen-bond acceptors (Lipinski definition) is 6. The largest absolute Gasteiger partial charge is 0.451 e. The number of rotatable bonds is 3. The second-order valence-corrected chi connectivity index (χ2v) is 9.75. The zero-order valence-corrected chi connectivity index (χ0v) is 17.3. The molecule has 2 N–H and O–H groups in total. The van der Waals surface area contributed by atoms with Gasteiger partial charge in [0.1, 0.15) is 6.61 Å². The van der Waals surface area contributed by atoms with Gasteiger partial charge in [-0.3, -0.25) is 14.4 Å². The first-order valence-corrected chi connectivity index (χ1v) is 10.5. The quantitative estimate of drug-likeness (QED) is 0.702. The normalized spacial score (nSPS) is 45.7. The Hall–Kier alpha value is -1.79. The summed E-state index contributed by atoms with van der Waals surface area (Å²) in [5.41, 5.74) is -1.43. The van der Waals surface area contributed by atoms with E-state index in [-0.39, 0.29) is 29.0 Å². The van der Waals surface area contributed by atoms with Crippen LogP contribution in [-0.4, -0.2) is 46.1 Å². The number of fused-ring (bicyclic) bond motifs is 5. The van der Waals surface area contributed by atoms with Crippen molar-refractivity contribution in [3.63, 3.8) is 0 Å². The lowest BCUT2D eigenvalue weighted by Crippen LogP contribution is -2.62. The molecule has 0 saturated heterocycles. The van der Waals surface area contributed by atoms with Crippen LogP contribution in [0.4, 0.5) is 0 Å². The predicted octanol–water partition coefficient (Wildman–Crippen LogP) is 2.13. The van der Waals surface area contributed by atoms with Crippen molar-refractivity contribution >= 4 is 17.5 Å². The Morgan fingerprint density at radius 2 is 2.00 bits per heavy atom. The number of allylic oxidation sites excluding steroid dienone is 4. The zero-order chi connectivity index (χ0) is 21.2. The summed E-state index contributed by atoms with van der Waals surface area (Å²) in [6.07, 6.45) is 7.56. The van der Waals surface area contributed by atoms with Crippen LogP contribution in [0.25, 0.3) is 0 Å². The molecular weight excluding hydrogens is 372 g/mol. The molecule has 0 radical (unpaired) electrons. The van der Waals surface area contributed by atoms with Gasteiger partial charge in [-0.15, -0.1) is 0 Å². The van der Waals surface area contributed by atoms with Crippen LogP contribution in [0.1, 0.15) is 52.9 Å². The highest BCUT2D eigenvalue weighted by Gasteiger charge is 2.70. The van der Waals surface area contributed by atoms with Gasteiger partial charge < -0.3 is 14.9 Å². The average molecular weight is 402 g/mol. The Balaban J connectivity index is 1.77. The Bertz CT molecular complexity index is 827. The molecule has 6 nitrogen and oxygen atoms in total. The topological polar surface area (TPSA) is 101 Å². The predicted molar refractivity (Wildman–Crippen MR) is 105 cm³/mol. The van der Waals surface area contributed by atoms with E-state index in [0.29, 0.717) is 19.3 Å². The smallest absolute Gasteiger partial charge is 0.303 e. The fourth-order valence-corrected chi connectivity index (χ4v) is 7.37. The van der Waals surface area contributed by atoms with E-state index in [2.05, 4.69) is 6.92 Å². The number of esters is 1. The molecule has 0 unspecified atom stereocenters. The highest BCUT2D eigenvalue weighted by Crippen LogP contribution is 2.67. The molecule has 0 heterocycles. The molecule has 0 aromatic rings. The molecule has 0 aromatic carbocycles. The van der Waals surface area contributed by atoms with Gasteiger partial charge >= 0.3 is 5.97 Å². The first-order valence-electron chi connectivity index (χ1n) is 10.5. The van der Waals surface area contributed by atoms with Crippen molar-refractivity contribution in [3.05, 3.63) is 23.8 Å². The minimum atomic E-state index is -1.39. The number of aliphatic hydroxyl groups excluding tert-OH is 2. The number of Topliss-reactive ketones (excluding diaryl/α,β-unsaturated/α-hetero) is 1. The first-order chi connectivity index (χ1) is 13.6. The van der Waals surface area contributed by atoms with Crippen molar-refractivity contribution < 1.29 is 29.3 Å². The minimum absolute atomic E-state index is 0.00523. The molecule has 4 aliphatic carbocycles. The van der Waals surface area contributed by atoms with Crippen molar-refractivity contribution in [1.29, 1.82) is 0 Å². The molecule has 0 bridgehead atoms. The molecule has 6 heteroatoms. The molecule has 4 rings (SSSR count). The lowest BCUT2D eigenvalue weighted by atomic mass is 9.46. The van der Waals surface area contributed by atoms with Crippen LogP contribution in [0.3, 0.4) is 0 Å². The van der Waals surface area contributed by atoms with Gasteiger partial charge in [-0.25, -0.2) is 0 Å². The molecule has 29 heavy (non-hydrogen) atoms. The Morgan fingerprint density at radius 1 is 1.28 bits per heavy atom. The summed E-state index contributed by atoms with van der Waals surface area (Å²) in [7, 11) is 0. The van der Waals surface area contributed by atoms with E-state index >= 15 is 0 Å². The standard InChI is InChI=1S/C23H30O6/c1-13(25)29-23(19(28)12-24)9-7-17-16-5-4-14-10-15(26)6-8-21(14,2)20(16)18(27)11-22(17,23)3/h6,8,10,16-18,20,24,27H,4-5,7,9,11-12H2,1-3H3/t16-,17+,18+,20+,21-,22+,23+/m1/s1. The lowest BCUT2D eigenvalue weighted by Gasteiger charge is -2.59. The van der Waals surface area contributed by atoms with Crippen LogP contribution in [0, 0.1) is 28.6 Å². The molecule has 0 aliphatic heterocycles. The van der Waals surface area contributed by atoms with Crippen LogP contribution in [0.15, 0.2) is 23.8 Å². The SMILES string of the molecule is CC(=O)O[C@]1(C(=O)CO)CC[C@H]2[C@H]3CCC4=CC(=O)C=C[C@@]4(C)[C@@H]3[C@@H](O)C[C@@]21C. The van der Waals surface area contributed by atoms with Crippen molar-refractivity contribution in [1.82, 2.24) is 0 Å². The summed E-state index contributed by atoms with van der Waals surface area (Å²) < 4.78 is 5.67. The zero-order valence-electron chi connectivity index (χ0n) is 17.3. The van der Waals surface area contributed by atoms with Crippen molar-refractivity contribution in [3.8, 4) is 0 Å². The minimum Gasteiger partial charge on any atom is -0.451 e. The van der Waals surface area contributed by atoms with Crippen molar-refractivity contribution in [2.75, 3.05) is 6.61 Å². The summed E-state index contributed by atoms with van der Waals surface area (Å²) in [5, 5.41) is 21.0. The van der Waals surface area contributed by atoms with Crippen LogP contribution in [0.5, 0.6) is 0 Å². The van der Waals surface area contributed by atoms with Gasteiger partial charge in [0, 0.05) is 23.7 Å². The van der Waals surface area contributed by atoms with Crippen LogP contribution in [0.2, 0.25) is 0 Å². The molecule has 0 aromatic heterocycles. The highest BCUT2D eigenvalue weighted by molar-refractivity contribution is 6.01. The van der Waals surface area contributed by atoms with Gasteiger partial charge in [0.2, 0.25) is 5.78 Å². The van der Waals surface area contributed by atoms with Crippen molar-refractivity contribution in [2.45, 2.75) is 64.6 Å². The highest BCUT2D eigenvalue weighted by atomic mass is 16.6. The Morgan fingerprint density at radius 3 is 2.66 bits per heavy atom. The molecule has 3 saturated carbocycles. The molecule has 7 atom stereocenters. The van der Waals surface area contributed by atoms with Crippen LogP contribution < -0.4 is 0 Å². The summed E-state index contributed by atoms with van der Waals surface area (Å²) in [5.74, 6) is -0.839. The number of ketones is 2. The summed E-state index contributed by atoms with van der Waals surface area (Å²) >= 11 is 0. The number of aliphatic hydroxyl groups is 2. The average Bonchev–Trinajstić information content (AvgIpc) is 2.93. The molecular formula is C23H30O6. The summed E-state index contributed by atoms with van der Waals surface area (Å²) in [4.78, 5) is 36.7. The maximum absolute atomic E-state index is 12.9. The van der Waals surface area contributed by atoms with Gasteiger partial charge in [-0.2, -0.15) is 0 Å². The van der Waals surface area contributed by atoms with E-state index < -0.39 is 35.5 Å². The van der Waals surface area contributed by atoms with Crippen LogP contribution in [-0.2, 0) is 19.1 Å². The van der Waals surface area contributed by atoms with E-state index in [9.17, 15) is 24.6 Å². The summed E-state index contributed by atoms with van der Waals surface area (Å²) in [6.45, 7) is 4.63. The van der Waals surface area contributed by atoms with Gasteiger partial charge in [0.05, 0.1) is 6.10 Å². The second-order valence-electron chi connectivity index (χ2n) is 9.75. The Labute approximate surface area is 171 Å². The van der Waals surface area contributed by atoms with Gasteiger partial charge in [0.15, 0.2) is 11.4 Å². The third-order valence-electron chi connectivity index (χ3n) is 8.53. The second kappa shape index (κ2) is 6.61. The lowest BCUT2D eigenvalue weighted by molar-refractivity contribution is -0.198. The third kappa shape index (κ3) is 2.65. The van der Waals surface area contributed by atoms with Gasteiger partial charge in [-0.05, 0) is 56.1 Å². The Kier molecular flexibility index (Phi) is 4.67. The van der Waals surface area contributed by atoms with Crippen molar-refractivity contribution in [2.24, 2.45) is 28.6 Å². The van der Waals surface area contributed by atoms with Gasteiger partial charge in [0.25, 0.3) is 0 Å². The van der Waals surface area contributed by atoms with E-state index in [1.165, 1.54) is 6.92 Å². The number of ether oxygens (including phenoxy) is 1. The number of carbonyl (C=O) groups excluding carboxylic acids is 3. The molecule has 3 fully saturated rings. The summed E-state index contributed by atoms with van der Waals surface area (Å²) in [6, 6.07) is 0. The van der Waals surface area contributed by atoms with E-state index in [4.69, 9.17) is 4.74 Å².